The van der Waals surface area contributed by atoms with Gasteiger partial charge in [-0.05, 0) is 43.5 Å². The van der Waals surface area contributed by atoms with Crippen LogP contribution in [-0.4, -0.2) is 27.0 Å². The summed E-state index contributed by atoms with van der Waals surface area (Å²) in [5, 5.41) is 7.36. The Morgan fingerprint density at radius 1 is 1.16 bits per heavy atom. The number of hydrogen-bond acceptors (Lipinski definition) is 3. The first-order chi connectivity index (χ1) is 12.1. The minimum Gasteiger partial charge on any atom is -0.352 e. The van der Waals surface area contributed by atoms with E-state index in [2.05, 4.69) is 54.4 Å². The first-order valence-corrected chi connectivity index (χ1v) is 8.80. The molecule has 0 bridgehead atoms. The predicted molar refractivity (Wildman–Crippen MR) is 99.8 cm³/mol. The van der Waals surface area contributed by atoms with Crippen LogP contribution in [0.15, 0.2) is 36.7 Å². The first-order valence-electron chi connectivity index (χ1n) is 8.80. The molecule has 0 saturated carbocycles. The molecule has 1 aromatic carbocycles. The van der Waals surface area contributed by atoms with Crippen molar-refractivity contribution < 1.29 is 4.79 Å². The summed E-state index contributed by atoms with van der Waals surface area (Å²) in [6.07, 6.45) is 6.57. The lowest BCUT2D eigenvalue weighted by molar-refractivity contribution is 0.0954. The molecule has 25 heavy (non-hydrogen) atoms. The molecule has 2 heterocycles. The van der Waals surface area contributed by atoms with Crippen LogP contribution in [0.25, 0.3) is 16.9 Å². The molecule has 0 aliphatic heterocycles. The Morgan fingerprint density at radius 2 is 2.00 bits per heavy atom. The standard InChI is InChI=1S/C20H24N4O/c1-4-5-6-10-22-20(25)17-13-23-24-18(9-11-21-19(17)24)16-8-7-14(2)15(3)12-16/h7-9,11-13H,4-6,10H2,1-3H3,(H,22,25). The van der Waals surface area contributed by atoms with E-state index in [1.54, 1.807) is 16.9 Å². The van der Waals surface area contributed by atoms with Crippen LogP contribution >= 0.6 is 0 Å². The molecule has 1 N–H and O–H groups in total. The second kappa shape index (κ2) is 7.47. The molecular weight excluding hydrogens is 312 g/mol. The van der Waals surface area contributed by atoms with Gasteiger partial charge in [-0.1, -0.05) is 31.9 Å². The lowest BCUT2D eigenvalue weighted by atomic mass is 10.0. The van der Waals surface area contributed by atoms with E-state index in [-0.39, 0.29) is 5.91 Å². The molecule has 0 spiro atoms. The number of unbranched alkanes of at least 4 members (excludes halogenated alkanes) is 2. The Balaban J connectivity index is 1.92. The van der Waals surface area contributed by atoms with Gasteiger partial charge in [0.1, 0.15) is 5.56 Å². The zero-order chi connectivity index (χ0) is 17.8. The number of carbonyl (C=O) groups excluding carboxylic acids is 1. The van der Waals surface area contributed by atoms with E-state index in [1.807, 2.05) is 6.07 Å². The largest absolute Gasteiger partial charge is 0.352 e. The summed E-state index contributed by atoms with van der Waals surface area (Å²) in [4.78, 5) is 16.8. The number of rotatable bonds is 6. The SMILES string of the molecule is CCCCCNC(=O)c1cnn2c(-c3ccc(C)c(C)c3)ccnc12. The van der Waals surface area contributed by atoms with E-state index in [0.717, 1.165) is 30.5 Å². The Bertz CT molecular complexity index is 898. The van der Waals surface area contributed by atoms with Crippen LogP contribution in [0.3, 0.4) is 0 Å². The molecular formula is C20H24N4O. The van der Waals surface area contributed by atoms with Gasteiger partial charge in [0, 0.05) is 18.3 Å². The number of amides is 1. The van der Waals surface area contributed by atoms with Crippen LogP contribution in [-0.2, 0) is 0 Å². The topological polar surface area (TPSA) is 59.3 Å². The lowest BCUT2D eigenvalue weighted by Crippen LogP contribution is -2.24. The minimum atomic E-state index is -0.115. The molecule has 0 saturated heterocycles. The molecule has 3 aromatic rings. The number of aryl methyl sites for hydroxylation is 2. The van der Waals surface area contributed by atoms with Gasteiger partial charge in [0.05, 0.1) is 11.9 Å². The van der Waals surface area contributed by atoms with E-state index in [4.69, 9.17) is 0 Å². The smallest absolute Gasteiger partial charge is 0.256 e. The van der Waals surface area contributed by atoms with E-state index >= 15 is 0 Å². The molecule has 5 nitrogen and oxygen atoms in total. The van der Waals surface area contributed by atoms with Gasteiger partial charge in [-0.15, -0.1) is 0 Å². The van der Waals surface area contributed by atoms with Gasteiger partial charge in [0.15, 0.2) is 5.65 Å². The summed E-state index contributed by atoms with van der Waals surface area (Å²) in [5.41, 5.74) is 5.57. The zero-order valence-corrected chi connectivity index (χ0v) is 15.0. The molecule has 1 amide bonds. The van der Waals surface area contributed by atoms with Crippen molar-refractivity contribution in [2.75, 3.05) is 6.54 Å². The summed E-state index contributed by atoms with van der Waals surface area (Å²) >= 11 is 0. The van der Waals surface area contributed by atoms with Crippen LogP contribution < -0.4 is 5.32 Å². The van der Waals surface area contributed by atoms with E-state index in [0.29, 0.717) is 17.8 Å². The van der Waals surface area contributed by atoms with Crippen LogP contribution in [0, 0.1) is 13.8 Å². The monoisotopic (exact) mass is 336 g/mol. The Labute approximate surface area is 148 Å². The zero-order valence-electron chi connectivity index (χ0n) is 15.0. The van der Waals surface area contributed by atoms with Crippen LogP contribution in [0.4, 0.5) is 0 Å². The molecule has 130 valence electrons. The van der Waals surface area contributed by atoms with Crippen molar-refractivity contribution in [3.63, 3.8) is 0 Å². The van der Waals surface area contributed by atoms with Crippen LogP contribution in [0.5, 0.6) is 0 Å². The van der Waals surface area contributed by atoms with Crippen molar-refractivity contribution in [3.8, 4) is 11.3 Å². The fourth-order valence-electron chi connectivity index (χ4n) is 2.84. The number of nitrogens with one attached hydrogen (secondary N) is 1. The Kier molecular flexibility index (Phi) is 5.12. The summed E-state index contributed by atoms with van der Waals surface area (Å²) in [6, 6.07) is 8.23. The fourth-order valence-corrected chi connectivity index (χ4v) is 2.84. The lowest BCUT2D eigenvalue weighted by Gasteiger charge is -2.08. The van der Waals surface area contributed by atoms with Crippen LogP contribution in [0.1, 0.15) is 47.7 Å². The molecule has 0 radical (unpaired) electrons. The second-order valence-electron chi connectivity index (χ2n) is 6.39. The minimum absolute atomic E-state index is 0.115. The van der Waals surface area contributed by atoms with Crippen molar-refractivity contribution in [1.29, 1.82) is 0 Å². The molecule has 0 fully saturated rings. The van der Waals surface area contributed by atoms with Crippen molar-refractivity contribution in [3.05, 3.63) is 53.3 Å². The van der Waals surface area contributed by atoms with E-state index in [9.17, 15) is 4.79 Å². The number of benzene rings is 1. The van der Waals surface area contributed by atoms with Gasteiger partial charge in [-0.2, -0.15) is 5.10 Å². The molecule has 3 rings (SSSR count). The number of carbonyl (C=O) groups is 1. The van der Waals surface area contributed by atoms with Crippen molar-refractivity contribution in [2.24, 2.45) is 0 Å². The first kappa shape index (κ1) is 17.1. The normalized spacial score (nSPS) is 11.0. The number of fused-ring (bicyclic) bond motifs is 1. The maximum absolute atomic E-state index is 12.4. The van der Waals surface area contributed by atoms with Gasteiger partial charge >= 0.3 is 0 Å². The molecule has 5 heteroatoms. The highest BCUT2D eigenvalue weighted by molar-refractivity contribution is 5.99. The van der Waals surface area contributed by atoms with E-state index in [1.165, 1.54) is 11.1 Å². The maximum Gasteiger partial charge on any atom is 0.256 e. The second-order valence-corrected chi connectivity index (χ2v) is 6.39. The Morgan fingerprint density at radius 3 is 2.76 bits per heavy atom. The van der Waals surface area contributed by atoms with Gasteiger partial charge in [0.25, 0.3) is 5.91 Å². The highest BCUT2D eigenvalue weighted by Gasteiger charge is 2.16. The highest BCUT2D eigenvalue weighted by Crippen LogP contribution is 2.23. The molecule has 0 aliphatic carbocycles. The number of aromatic nitrogens is 3. The Hall–Kier alpha value is -2.69. The van der Waals surface area contributed by atoms with Crippen molar-refractivity contribution >= 4 is 11.6 Å². The summed E-state index contributed by atoms with van der Waals surface area (Å²) < 4.78 is 1.74. The maximum atomic E-state index is 12.4. The third kappa shape index (κ3) is 3.55. The molecule has 0 aliphatic rings. The third-order valence-electron chi connectivity index (χ3n) is 4.51. The average Bonchev–Trinajstić information content (AvgIpc) is 3.05. The quantitative estimate of drug-likeness (QED) is 0.694. The average molecular weight is 336 g/mol. The van der Waals surface area contributed by atoms with E-state index < -0.39 is 0 Å². The predicted octanol–water partition coefficient (Wildman–Crippen LogP) is 3.93. The van der Waals surface area contributed by atoms with Gasteiger partial charge < -0.3 is 5.32 Å². The molecule has 0 atom stereocenters. The number of hydrogen-bond donors (Lipinski definition) is 1. The van der Waals surface area contributed by atoms with Crippen molar-refractivity contribution in [1.82, 2.24) is 19.9 Å². The van der Waals surface area contributed by atoms with Gasteiger partial charge in [-0.25, -0.2) is 9.50 Å². The van der Waals surface area contributed by atoms with Crippen LogP contribution in [0.2, 0.25) is 0 Å². The fraction of sp³-hybridized carbons (Fsp3) is 0.350. The molecule has 0 unspecified atom stereocenters. The summed E-state index contributed by atoms with van der Waals surface area (Å²) in [6.45, 7) is 7.01. The van der Waals surface area contributed by atoms with Crippen molar-refractivity contribution in [2.45, 2.75) is 40.0 Å². The van der Waals surface area contributed by atoms with Gasteiger partial charge in [-0.3, -0.25) is 4.79 Å². The highest BCUT2D eigenvalue weighted by atomic mass is 16.1. The summed E-state index contributed by atoms with van der Waals surface area (Å²) in [7, 11) is 0. The third-order valence-corrected chi connectivity index (χ3v) is 4.51. The summed E-state index contributed by atoms with van der Waals surface area (Å²) in [5.74, 6) is -0.115. The number of nitrogens with zero attached hydrogens (tertiary/aromatic N) is 3. The van der Waals surface area contributed by atoms with Gasteiger partial charge in [0.2, 0.25) is 0 Å². The molecule has 2 aromatic heterocycles.